The first-order valence-corrected chi connectivity index (χ1v) is 9.77. The number of nitrogens with one attached hydrogen (secondary N) is 2. The Balaban J connectivity index is 1.71. The largest absolute Gasteiger partial charge is 0.352 e. The van der Waals surface area contributed by atoms with Crippen molar-refractivity contribution in [3.63, 3.8) is 0 Å². The highest BCUT2D eigenvalue weighted by Crippen LogP contribution is 2.23. The normalized spacial score (nSPS) is 20.8. The van der Waals surface area contributed by atoms with Crippen LogP contribution in [0.2, 0.25) is 0 Å². The smallest absolute Gasteiger partial charge is 0.234 e. The molecule has 1 aromatic rings. The van der Waals surface area contributed by atoms with Crippen molar-refractivity contribution in [3.05, 3.63) is 22.4 Å². The second-order valence-electron chi connectivity index (χ2n) is 6.60. The summed E-state index contributed by atoms with van der Waals surface area (Å²) in [6.07, 6.45) is 4.71. The van der Waals surface area contributed by atoms with Gasteiger partial charge in [0.2, 0.25) is 11.8 Å². The number of hydrogen-bond acceptors (Lipinski definition) is 4. The lowest BCUT2D eigenvalue weighted by molar-refractivity contribution is -0.125. The zero-order valence-electron chi connectivity index (χ0n) is 14.7. The summed E-state index contributed by atoms with van der Waals surface area (Å²) in [5, 5.41) is 8.06. The summed E-state index contributed by atoms with van der Waals surface area (Å²) in [5.74, 6) is 0.539. The van der Waals surface area contributed by atoms with Crippen LogP contribution < -0.4 is 10.6 Å². The van der Waals surface area contributed by atoms with Gasteiger partial charge in [-0.2, -0.15) is 0 Å². The number of carbonyl (C=O) groups excluding carboxylic acids is 2. The molecule has 0 aromatic carbocycles. The molecule has 2 atom stereocenters. The van der Waals surface area contributed by atoms with E-state index < -0.39 is 0 Å². The molecule has 0 spiro atoms. The number of likely N-dealkylation sites (N-methyl/N-ethyl adjacent to an activating group) is 1. The van der Waals surface area contributed by atoms with Gasteiger partial charge < -0.3 is 10.6 Å². The van der Waals surface area contributed by atoms with Crippen LogP contribution in [0.3, 0.4) is 0 Å². The molecule has 24 heavy (non-hydrogen) atoms. The molecule has 2 N–H and O–H groups in total. The van der Waals surface area contributed by atoms with Crippen LogP contribution in [0.4, 0.5) is 0 Å². The fourth-order valence-electron chi connectivity index (χ4n) is 3.12. The summed E-state index contributed by atoms with van der Waals surface area (Å²) in [5.41, 5.74) is 0. The number of hydrogen-bond donors (Lipinski definition) is 2. The van der Waals surface area contributed by atoms with Gasteiger partial charge in [0.15, 0.2) is 0 Å². The van der Waals surface area contributed by atoms with Gasteiger partial charge in [-0.25, -0.2) is 0 Å². The summed E-state index contributed by atoms with van der Waals surface area (Å²) in [6, 6.07) is 4.26. The van der Waals surface area contributed by atoms with Crippen LogP contribution in [-0.2, 0) is 16.1 Å². The molecule has 5 nitrogen and oxygen atoms in total. The molecule has 1 aromatic heterocycles. The maximum Gasteiger partial charge on any atom is 0.234 e. The SMILES string of the molecule is CCN(CC(=O)NCc1cccs1)CC(=O)N[C@H]1CCCC[C@@H]1C. The highest BCUT2D eigenvalue weighted by atomic mass is 32.1. The second kappa shape index (κ2) is 9.79. The van der Waals surface area contributed by atoms with Gasteiger partial charge in [-0.15, -0.1) is 11.3 Å². The molecule has 1 heterocycles. The monoisotopic (exact) mass is 351 g/mol. The molecule has 0 unspecified atom stereocenters. The quantitative estimate of drug-likeness (QED) is 0.756. The molecule has 1 saturated carbocycles. The zero-order valence-corrected chi connectivity index (χ0v) is 15.5. The van der Waals surface area contributed by atoms with E-state index in [1.54, 1.807) is 11.3 Å². The summed E-state index contributed by atoms with van der Waals surface area (Å²) < 4.78 is 0. The van der Waals surface area contributed by atoms with Crippen LogP contribution in [0, 0.1) is 5.92 Å². The average Bonchev–Trinajstić information content (AvgIpc) is 3.08. The van der Waals surface area contributed by atoms with Crippen molar-refractivity contribution < 1.29 is 9.59 Å². The van der Waals surface area contributed by atoms with Crippen molar-refractivity contribution >= 4 is 23.2 Å². The van der Waals surface area contributed by atoms with Crippen molar-refractivity contribution in [3.8, 4) is 0 Å². The Morgan fingerprint density at radius 2 is 2.00 bits per heavy atom. The third-order valence-corrected chi connectivity index (χ3v) is 5.56. The standard InChI is InChI=1S/C18H29N3O2S/c1-3-21(12-17(22)19-11-15-8-6-10-24-15)13-18(23)20-16-9-5-4-7-14(16)2/h6,8,10,14,16H,3-5,7,9,11-13H2,1-2H3,(H,19,22)(H,20,23)/t14-,16-/m0/s1. The minimum Gasteiger partial charge on any atom is -0.352 e. The lowest BCUT2D eigenvalue weighted by atomic mass is 9.86. The fraction of sp³-hybridized carbons (Fsp3) is 0.667. The Labute approximate surface area is 148 Å². The molecule has 1 aliphatic rings. The Kier molecular flexibility index (Phi) is 7.72. The Bertz CT molecular complexity index is 518. The maximum atomic E-state index is 12.3. The van der Waals surface area contributed by atoms with E-state index in [9.17, 15) is 9.59 Å². The molecular weight excluding hydrogens is 322 g/mol. The van der Waals surface area contributed by atoms with E-state index in [1.165, 1.54) is 19.3 Å². The van der Waals surface area contributed by atoms with E-state index in [2.05, 4.69) is 17.6 Å². The predicted octanol–water partition coefficient (Wildman–Crippen LogP) is 2.38. The molecule has 0 aliphatic heterocycles. The summed E-state index contributed by atoms with van der Waals surface area (Å²) >= 11 is 1.63. The van der Waals surface area contributed by atoms with E-state index >= 15 is 0 Å². The van der Waals surface area contributed by atoms with Gasteiger partial charge in [0.25, 0.3) is 0 Å². The number of carbonyl (C=O) groups is 2. The Hall–Kier alpha value is -1.40. The molecule has 1 aliphatic carbocycles. The third kappa shape index (κ3) is 6.24. The van der Waals surface area contributed by atoms with Gasteiger partial charge >= 0.3 is 0 Å². The highest BCUT2D eigenvalue weighted by molar-refractivity contribution is 7.09. The predicted molar refractivity (Wildman–Crippen MR) is 97.8 cm³/mol. The molecule has 6 heteroatoms. The Morgan fingerprint density at radius 1 is 1.25 bits per heavy atom. The average molecular weight is 352 g/mol. The lowest BCUT2D eigenvalue weighted by Crippen LogP contribution is -2.47. The number of thiophene rings is 1. The van der Waals surface area contributed by atoms with Gasteiger partial charge in [0.05, 0.1) is 19.6 Å². The van der Waals surface area contributed by atoms with Gasteiger partial charge in [-0.05, 0) is 36.8 Å². The summed E-state index contributed by atoms with van der Waals surface area (Å²) in [6.45, 7) is 5.96. The molecule has 0 saturated heterocycles. The van der Waals surface area contributed by atoms with Crippen molar-refractivity contribution in [1.82, 2.24) is 15.5 Å². The first-order chi connectivity index (χ1) is 11.6. The van der Waals surface area contributed by atoms with E-state index in [4.69, 9.17) is 0 Å². The summed E-state index contributed by atoms with van der Waals surface area (Å²) in [4.78, 5) is 27.3. The zero-order chi connectivity index (χ0) is 17.4. The van der Waals surface area contributed by atoms with E-state index in [0.717, 1.165) is 11.3 Å². The topological polar surface area (TPSA) is 61.4 Å². The van der Waals surface area contributed by atoms with E-state index in [1.807, 2.05) is 29.3 Å². The second-order valence-corrected chi connectivity index (χ2v) is 7.63. The lowest BCUT2D eigenvalue weighted by Gasteiger charge is -2.30. The molecule has 1 fully saturated rings. The van der Waals surface area contributed by atoms with Crippen molar-refractivity contribution in [2.24, 2.45) is 5.92 Å². The van der Waals surface area contributed by atoms with Crippen LogP contribution >= 0.6 is 11.3 Å². The number of amides is 2. The van der Waals surface area contributed by atoms with Crippen molar-refractivity contribution in [2.45, 2.75) is 52.1 Å². The Morgan fingerprint density at radius 3 is 2.67 bits per heavy atom. The molecule has 134 valence electrons. The molecule has 2 rings (SSSR count). The van der Waals surface area contributed by atoms with Crippen LogP contribution in [0.15, 0.2) is 17.5 Å². The van der Waals surface area contributed by atoms with Crippen LogP contribution in [-0.4, -0.2) is 42.4 Å². The van der Waals surface area contributed by atoms with Crippen LogP contribution in [0.5, 0.6) is 0 Å². The van der Waals surface area contributed by atoms with Gasteiger partial charge in [0, 0.05) is 10.9 Å². The molecule has 2 amide bonds. The third-order valence-electron chi connectivity index (χ3n) is 4.68. The molecule has 0 radical (unpaired) electrons. The van der Waals surface area contributed by atoms with Crippen molar-refractivity contribution in [2.75, 3.05) is 19.6 Å². The first-order valence-electron chi connectivity index (χ1n) is 8.89. The summed E-state index contributed by atoms with van der Waals surface area (Å²) in [7, 11) is 0. The first kappa shape index (κ1) is 18.9. The minimum atomic E-state index is -0.0379. The molecular formula is C18H29N3O2S. The van der Waals surface area contributed by atoms with Crippen LogP contribution in [0.25, 0.3) is 0 Å². The van der Waals surface area contributed by atoms with Gasteiger partial charge in [-0.3, -0.25) is 14.5 Å². The fourth-order valence-corrected chi connectivity index (χ4v) is 3.77. The minimum absolute atomic E-state index is 0.0293. The van der Waals surface area contributed by atoms with E-state index in [-0.39, 0.29) is 30.9 Å². The number of rotatable bonds is 8. The number of nitrogens with zero attached hydrogens (tertiary/aromatic N) is 1. The highest BCUT2D eigenvalue weighted by Gasteiger charge is 2.23. The molecule has 0 bridgehead atoms. The van der Waals surface area contributed by atoms with Crippen LogP contribution in [0.1, 0.15) is 44.4 Å². The van der Waals surface area contributed by atoms with Gasteiger partial charge in [0.1, 0.15) is 0 Å². The van der Waals surface area contributed by atoms with Crippen molar-refractivity contribution in [1.29, 1.82) is 0 Å². The van der Waals surface area contributed by atoms with Gasteiger partial charge in [-0.1, -0.05) is 32.8 Å². The van der Waals surface area contributed by atoms with E-state index in [0.29, 0.717) is 19.0 Å². The maximum absolute atomic E-state index is 12.3.